The van der Waals surface area contributed by atoms with Gasteiger partial charge in [-0.05, 0) is 18.6 Å². The van der Waals surface area contributed by atoms with E-state index in [1.807, 2.05) is 0 Å². The molecule has 102 valence electrons. The average molecular weight is 291 g/mol. The maximum atomic E-state index is 12.3. The fourth-order valence-electron chi connectivity index (χ4n) is 1.98. The summed E-state index contributed by atoms with van der Waals surface area (Å²) in [6, 6.07) is 3.38. The molecule has 0 bridgehead atoms. The van der Waals surface area contributed by atoms with Gasteiger partial charge in [0.25, 0.3) is 10.0 Å². The largest absolute Gasteiger partial charge is 0.396 e. The molecule has 2 rings (SSSR count). The van der Waals surface area contributed by atoms with Crippen LogP contribution in [0.3, 0.4) is 0 Å². The molecule has 1 unspecified atom stereocenters. The van der Waals surface area contributed by atoms with Crippen LogP contribution in [0.1, 0.15) is 11.3 Å². The highest BCUT2D eigenvalue weighted by molar-refractivity contribution is 7.91. The zero-order valence-electron chi connectivity index (χ0n) is 10.2. The molecule has 5 nitrogen and oxygen atoms in total. The van der Waals surface area contributed by atoms with Crippen molar-refractivity contribution in [1.29, 1.82) is 0 Å². The van der Waals surface area contributed by atoms with Gasteiger partial charge in [0.2, 0.25) is 0 Å². The van der Waals surface area contributed by atoms with Gasteiger partial charge in [-0.3, -0.25) is 0 Å². The van der Waals surface area contributed by atoms with E-state index in [1.54, 1.807) is 19.2 Å². The van der Waals surface area contributed by atoms with Crippen LogP contribution in [0.2, 0.25) is 0 Å². The lowest BCUT2D eigenvalue weighted by Crippen LogP contribution is -2.29. The van der Waals surface area contributed by atoms with E-state index in [4.69, 9.17) is 9.84 Å². The van der Waals surface area contributed by atoms with Crippen molar-refractivity contribution >= 4 is 21.4 Å². The van der Waals surface area contributed by atoms with Gasteiger partial charge in [-0.25, -0.2) is 8.42 Å². The van der Waals surface area contributed by atoms with Crippen LogP contribution >= 0.6 is 11.3 Å². The van der Waals surface area contributed by atoms with Gasteiger partial charge in [0.15, 0.2) is 0 Å². The minimum absolute atomic E-state index is 0.00310. The van der Waals surface area contributed by atoms with E-state index in [1.165, 1.54) is 15.6 Å². The van der Waals surface area contributed by atoms with Crippen LogP contribution in [0.15, 0.2) is 16.3 Å². The summed E-state index contributed by atoms with van der Waals surface area (Å²) < 4.78 is 31.7. The number of hydrogen-bond donors (Lipinski definition) is 1. The minimum atomic E-state index is -3.39. The molecule has 1 atom stereocenters. The van der Waals surface area contributed by atoms with E-state index >= 15 is 0 Å². The Balaban J connectivity index is 2.15. The van der Waals surface area contributed by atoms with Crippen molar-refractivity contribution in [2.24, 2.45) is 0 Å². The Bertz CT molecular complexity index is 497. The second kappa shape index (κ2) is 5.66. The predicted octanol–water partition coefficient (Wildman–Crippen LogP) is 0.692. The standard InChI is InChI=1S/C11H17NO4S2/c1-16-9-4-6-12(8-9)18(14,15)11-3-2-10(17-11)5-7-13/h2-3,9,13H,4-8H2,1H3. The van der Waals surface area contributed by atoms with Crippen molar-refractivity contribution in [1.82, 2.24) is 4.31 Å². The molecule has 0 saturated carbocycles. The molecule has 0 amide bonds. The third-order valence-electron chi connectivity index (χ3n) is 3.03. The van der Waals surface area contributed by atoms with Gasteiger partial charge in [0.1, 0.15) is 4.21 Å². The molecule has 1 N–H and O–H groups in total. The van der Waals surface area contributed by atoms with Crippen molar-refractivity contribution in [3.63, 3.8) is 0 Å². The van der Waals surface area contributed by atoms with Crippen LogP contribution in [-0.2, 0) is 21.2 Å². The first kappa shape index (κ1) is 14.0. The maximum Gasteiger partial charge on any atom is 0.252 e. The summed E-state index contributed by atoms with van der Waals surface area (Å²) in [6.45, 7) is 0.968. The number of methoxy groups -OCH3 is 1. The minimum Gasteiger partial charge on any atom is -0.396 e. The number of rotatable bonds is 5. The maximum absolute atomic E-state index is 12.3. The Kier molecular flexibility index (Phi) is 4.39. The van der Waals surface area contributed by atoms with E-state index in [-0.39, 0.29) is 12.7 Å². The molecule has 1 aromatic rings. The molecule has 0 aliphatic carbocycles. The monoisotopic (exact) mass is 291 g/mol. The summed E-state index contributed by atoms with van der Waals surface area (Å²) in [5.41, 5.74) is 0. The van der Waals surface area contributed by atoms with Gasteiger partial charge in [0, 0.05) is 38.1 Å². The van der Waals surface area contributed by atoms with Crippen molar-refractivity contribution in [2.45, 2.75) is 23.2 Å². The number of aliphatic hydroxyl groups excluding tert-OH is 1. The molecule has 1 aliphatic rings. The second-order valence-electron chi connectivity index (χ2n) is 4.20. The summed E-state index contributed by atoms with van der Waals surface area (Å²) in [5.74, 6) is 0. The number of sulfonamides is 1. The van der Waals surface area contributed by atoms with Crippen molar-refractivity contribution in [3.8, 4) is 0 Å². The van der Waals surface area contributed by atoms with Crippen LogP contribution in [0.25, 0.3) is 0 Å². The number of thiophene rings is 1. The van der Waals surface area contributed by atoms with Gasteiger partial charge in [0.05, 0.1) is 6.10 Å². The molecule has 7 heteroatoms. The zero-order chi connectivity index (χ0) is 13.2. The first-order chi connectivity index (χ1) is 8.57. The summed E-state index contributed by atoms with van der Waals surface area (Å²) in [7, 11) is -1.79. The van der Waals surface area contributed by atoms with Crippen LogP contribution in [0.5, 0.6) is 0 Å². The van der Waals surface area contributed by atoms with E-state index in [0.717, 1.165) is 11.3 Å². The third kappa shape index (κ3) is 2.75. The summed E-state index contributed by atoms with van der Waals surface area (Å²) in [4.78, 5) is 0.888. The SMILES string of the molecule is COC1CCN(S(=O)(=O)c2ccc(CCO)s2)C1. The summed E-state index contributed by atoms with van der Waals surface area (Å²) in [6.07, 6.45) is 1.24. The molecule has 2 heterocycles. The molecule has 0 radical (unpaired) electrons. The zero-order valence-corrected chi connectivity index (χ0v) is 11.8. The fourth-order valence-corrected chi connectivity index (χ4v) is 4.96. The van der Waals surface area contributed by atoms with Crippen LogP contribution in [-0.4, -0.2) is 50.7 Å². The molecule has 1 saturated heterocycles. The van der Waals surface area contributed by atoms with Gasteiger partial charge in [-0.15, -0.1) is 11.3 Å². The first-order valence-corrected chi connectivity index (χ1v) is 8.06. The van der Waals surface area contributed by atoms with E-state index in [9.17, 15) is 8.42 Å². The number of hydrogen-bond acceptors (Lipinski definition) is 5. The molecule has 1 aliphatic heterocycles. The van der Waals surface area contributed by atoms with Crippen LogP contribution in [0, 0.1) is 0 Å². The third-order valence-corrected chi connectivity index (χ3v) is 6.51. The Morgan fingerprint density at radius 1 is 1.56 bits per heavy atom. The van der Waals surface area contributed by atoms with Crippen LogP contribution in [0.4, 0.5) is 0 Å². The van der Waals surface area contributed by atoms with Gasteiger partial charge >= 0.3 is 0 Å². The van der Waals surface area contributed by atoms with Crippen molar-refractivity contribution in [3.05, 3.63) is 17.0 Å². The number of aliphatic hydroxyl groups is 1. The fraction of sp³-hybridized carbons (Fsp3) is 0.636. The highest BCUT2D eigenvalue weighted by Crippen LogP contribution is 2.28. The normalized spacial score (nSPS) is 21.6. The highest BCUT2D eigenvalue weighted by atomic mass is 32.2. The van der Waals surface area contributed by atoms with E-state index in [0.29, 0.717) is 23.7 Å². The van der Waals surface area contributed by atoms with Gasteiger partial charge in [-0.1, -0.05) is 0 Å². The first-order valence-electron chi connectivity index (χ1n) is 5.80. The Labute approximate surface area is 111 Å². The number of nitrogens with zero attached hydrogens (tertiary/aromatic N) is 1. The number of ether oxygens (including phenoxy) is 1. The molecule has 0 aromatic carbocycles. The topological polar surface area (TPSA) is 66.8 Å². The summed E-state index contributed by atoms with van der Waals surface area (Å²) in [5, 5.41) is 8.84. The van der Waals surface area contributed by atoms with Gasteiger partial charge < -0.3 is 9.84 Å². The molecule has 18 heavy (non-hydrogen) atoms. The van der Waals surface area contributed by atoms with Crippen molar-refractivity contribution < 1.29 is 18.3 Å². The van der Waals surface area contributed by atoms with Crippen molar-refractivity contribution in [2.75, 3.05) is 26.8 Å². The molecular weight excluding hydrogens is 274 g/mol. The lowest BCUT2D eigenvalue weighted by atomic mass is 10.3. The predicted molar refractivity (Wildman–Crippen MR) is 69.3 cm³/mol. The Hall–Kier alpha value is -0.470. The lowest BCUT2D eigenvalue weighted by Gasteiger charge is -2.14. The van der Waals surface area contributed by atoms with E-state index in [2.05, 4.69) is 0 Å². The second-order valence-corrected chi connectivity index (χ2v) is 7.54. The quantitative estimate of drug-likeness (QED) is 0.867. The van der Waals surface area contributed by atoms with E-state index < -0.39 is 10.0 Å². The highest BCUT2D eigenvalue weighted by Gasteiger charge is 2.33. The molecule has 1 fully saturated rings. The molecule has 1 aromatic heterocycles. The molecule has 0 spiro atoms. The summed E-state index contributed by atoms with van der Waals surface area (Å²) >= 11 is 1.23. The van der Waals surface area contributed by atoms with Crippen LogP contribution < -0.4 is 0 Å². The smallest absolute Gasteiger partial charge is 0.252 e. The average Bonchev–Trinajstić information content (AvgIpc) is 2.98. The Morgan fingerprint density at radius 3 is 2.94 bits per heavy atom. The van der Waals surface area contributed by atoms with Gasteiger partial charge in [-0.2, -0.15) is 4.31 Å². The lowest BCUT2D eigenvalue weighted by molar-refractivity contribution is 0.115. The molecular formula is C11H17NO4S2. The Morgan fingerprint density at radius 2 is 2.33 bits per heavy atom.